The van der Waals surface area contributed by atoms with Gasteiger partial charge in [0, 0.05) is 5.56 Å². The molecule has 0 aliphatic rings. The standard InChI is InChI=1S/C9H8N2O2/c12-8-9(13)11-7(10-8)6-4-2-1-3-5-6/h1-5,12-13H,(H,10,11). The van der Waals surface area contributed by atoms with E-state index in [1.807, 2.05) is 30.3 Å². The van der Waals surface area contributed by atoms with Crippen molar-refractivity contribution in [2.45, 2.75) is 0 Å². The first-order chi connectivity index (χ1) is 6.27. The number of hydrogen-bond acceptors (Lipinski definition) is 3. The molecule has 1 heterocycles. The summed E-state index contributed by atoms with van der Waals surface area (Å²) in [5.41, 5.74) is 0.818. The average Bonchev–Trinajstić information content (AvgIpc) is 2.49. The van der Waals surface area contributed by atoms with Crippen LogP contribution in [0.5, 0.6) is 11.8 Å². The molecule has 4 nitrogen and oxygen atoms in total. The van der Waals surface area contributed by atoms with E-state index in [-0.39, 0.29) is 11.8 Å². The van der Waals surface area contributed by atoms with Crippen molar-refractivity contribution in [1.82, 2.24) is 9.97 Å². The van der Waals surface area contributed by atoms with Gasteiger partial charge in [-0.2, -0.15) is 4.98 Å². The second-order valence-corrected chi connectivity index (χ2v) is 2.62. The van der Waals surface area contributed by atoms with Crippen LogP contribution in [0.4, 0.5) is 0 Å². The van der Waals surface area contributed by atoms with Crippen LogP contribution in [0.1, 0.15) is 0 Å². The lowest BCUT2D eigenvalue weighted by Crippen LogP contribution is -1.77. The Labute approximate surface area is 74.5 Å². The number of aromatic amines is 1. The van der Waals surface area contributed by atoms with Gasteiger partial charge in [0.15, 0.2) is 0 Å². The zero-order valence-corrected chi connectivity index (χ0v) is 6.73. The number of rotatable bonds is 1. The monoisotopic (exact) mass is 176 g/mol. The number of aromatic nitrogens is 2. The highest BCUT2D eigenvalue weighted by molar-refractivity contribution is 5.57. The van der Waals surface area contributed by atoms with Crippen molar-refractivity contribution < 1.29 is 10.2 Å². The second-order valence-electron chi connectivity index (χ2n) is 2.62. The number of H-pyrrole nitrogens is 1. The van der Waals surface area contributed by atoms with Gasteiger partial charge in [-0.15, -0.1) is 0 Å². The summed E-state index contributed by atoms with van der Waals surface area (Å²) in [6, 6.07) is 9.25. The molecule has 0 unspecified atom stereocenters. The zero-order valence-electron chi connectivity index (χ0n) is 6.73. The Bertz CT molecular complexity index is 389. The lowest BCUT2D eigenvalue weighted by Gasteiger charge is -1.92. The quantitative estimate of drug-likeness (QED) is 0.616. The van der Waals surface area contributed by atoms with E-state index < -0.39 is 0 Å². The molecule has 0 saturated heterocycles. The Balaban J connectivity index is 2.48. The Morgan fingerprint density at radius 1 is 1.08 bits per heavy atom. The van der Waals surface area contributed by atoms with Crippen molar-refractivity contribution in [2.75, 3.05) is 0 Å². The minimum Gasteiger partial charge on any atom is -0.491 e. The van der Waals surface area contributed by atoms with Gasteiger partial charge in [-0.3, -0.25) is 0 Å². The molecule has 3 N–H and O–H groups in total. The summed E-state index contributed by atoms with van der Waals surface area (Å²) in [5.74, 6) is -0.228. The van der Waals surface area contributed by atoms with Gasteiger partial charge in [0.2, 0.25) is 0 Å². The van der Waals surface area contributed by atoms with Crippen LogP contribution in [0.15, 0.2) is 30.3 Å². The molecule has 66 valence electrons. The van der Waals surface area contributed by atoms with Crippen molar-refractivity contribution in [2.24, 2.45) is 0 Å². The minimum absolute atomic E-state index is 0.307. The number of aromatic hydroxyl groups is 2. The first kappa shape index (κ1) is 7.67. The lowest BCUT2D eigenvalue weighted by atomic mass is 10.2. The topological polar surface area (TPSA) is 69.1 Å². The van der Waals surface area contributed by atoms with Crippen LogP contribution in [0.2, 0.25) is 0 Å². The summed E-state index contributed by atoms with van der Waals surface area (Å²) in [6.07, 6.45) is 0. The predicted octanol–water partition coefficient (Wildman–Crippen LogP) is 1.49. The number of nitrogens with zero attached hydrogens (tertiary/aromatic N) is 1. The molecule has 0 atom stereocenters. The lowest BCUT2D eigenvalue weighted by molar-refractivity contribution is 0.386. The highest BCUT2D eigenvalue weighted by Crippen LogP contribution is 2.25. The second kappa shape index (κ2) is 2.82. The van der Waals surface area contributed by atoms with Crippen LogP contribution in [-0.2, 0) is 0 Å². The summed E-state index contributed by atoms with van der Waals surface area (Å²) in [4.78, 5) is 6.29. The van der Waals surface area contributed by atoms with Crippen LogP contribution in [0, 0.1) is 0 Å². The normalized spacial score (nSPS) is 10.2. The molecule has 0 bridgehead atoms. The van der Waals surface area contributed by atoms with E-state index >= 15 is 0 Å². The van der Waals surface area contributed by atoms with Gasteiger partial charge in [-0.1, -0.05) is 30.3 Å². The SMILES string of the molecule is Oc1nc(-c2ccccc2)[nH]c1O. The van der Waals surface area contributed by atoms with Crippen LogP contribution in [0.25, 0.3) is 11.4 Å². The zero-order chi connectivity index (χ0) is 9.26. The maximum atomic E-state index is 9.03. The summed E-state index contributed by atoms with van der Waals surface area (Å²) in [5, 5.41) is 18.0. The van der Waals surface area contributed by atoms with E-state index in [1.165, 1.54) is 0 Å². The van der Waals surface area contributed by atoms with E-state index in [2.05, 4.69) is 9.97 Å². The molecule has 0 spiro atoms. The molecule has 13 heavy (non-hydrogen) atoms. The predicted molar refractivity (Wildman–Crippen MR) is 47.4 cm³/mol. The fraction of sp³-hybridized carbons (Fsp3) is 0. The van der Waals surface area contributed by atoms with Crippen LogP contribution in [0.3, 0.4) is 0 Å². The van der Waals surface area contributed by atoms with Crippen molar-refractivity contribution in [3.63, 3.8) is 0 Å². The van der Waals surface area contributed by atoms with Gasteiger partial charge in [0.05, 0.1) is 0 Å². The van der Waals surface area contributed by atoms with Crippen molar-refractivity contribution in [3.05, 3.63) is 30.3 Å². The van der Waals surface area contributed by atoms with Gasteiger partial charge in [-0.25, -0.2) is 0 Å². The Morgan fingerprint density at radius 3 is 2.31 bits per heavy atom. The average molecular weight is 176 g/mol. The minimum atomic E-state index is -0.376. The molecule has 2 aromatic rings. The van der Waals surface area contributed by atoms with Gasteiger partial charge in [0.1, 0.15) is 5.82 Å². The summed E-state index contributed by atoms with van der Waals surface area (Å²) in [7, 11) is 0. The summed E-state index contributed by atoms with van der Waals surface area (Å²) < 4.78 is 0. The van der Waals surface area contributed by atoms with Crippen LogP contribution >= 0.6 is 0 Å². The third-order valence-corrected chi connectivity index (χ3v) is 1.71. The molecule has 0 aliphatic heterocycles. The molecule has 0 aliphatic carbocycles. The number of nitrogens with one attached hydrogen (secondary N) is 1. The van der Waals surface area contributed by atoms with E-state index in [9.17, 15) is 0 Å². The van der Waals surface area contributed by atoms with E-state index in [0.29, 0.717) is 5.82 Å². The fourth-order valence-corrected chi connectivity index (χ4v) is 1.09. The molecule has 2 rings (SSSR count). The molecular weight excluding hydrogens is 168 g/mol. The molecule has 1 aromatic carbocycles. The number of hydrogen-bond donors (Lipinski definition) is 3. The molecule has 0 radical (unpaired) electrons. The highest BCUT2D eigenvalue weighted by Gasteiger charge is 2.07. The van der Waals surface area contributed by atoms with E-state index in [1.54, 1.807) is 0 Å². The number of benzene rings is 1. The van der Waals surface area contributed by atoms with Gasteiger partial charge in [-0.05, 0) is 0 Å². The van der Waals surface area contributed by atoms with Crippen molar-refractivity contribution in [1.29, 1.82) is 0 Å². The van der Waals surface area contributed by atoms with E-state index in [0.717, 1.165) is 5.56 Å². The van der Waals surface area contributed by atoms with Crippen molar-refractivity contribution in [3.8, 4) is 23.1 Å². The van der Waals surface area contributed by atoms with Crippen molar-refractivity contribution >= 4 is 0 Å². The fourth-order valence-electron chi connectivity index (χ4n) is 1.09. The number of imidazole rings is 1. The smallest absolute Gasteiger partial charge is 0.275 e. The Kier molecular flexibility index (Phi) is 1.66. The highest BCUT2D eigenvalue weighted by atomic mass is 16.3. The third-order valence-electron chi connectivity index (χ3n) is 1.71. The summed E-state index contributed by atoms with van der Waals surface area (Å²) >= 11 is 0. The van der Waals surface area contributed by atoms with Gasteiger partial charge < -0.3 is 15.2 Å². The molecule has 0 amide bonds. The molecule has 0 saturated carbocycles. The van der Waals surface area contributed by atoms with Crippen LogP contribution in [-0.4, -0.2) is 20.2 Å². The maximum absolute atomic E-state index is 9.03. The molecule has 1 aromatic heterocycles. The molecule has 0 fully saturated rings. The first-order valence-corrected chi connectivity index (χ1v) is 3.81. The molecular formula is C9H8N2O2. The maximum Gasteiger partial charge on any atom is 0.275 e. The molecule has 4 heteroatoms. The largest absolute Gasteiger partial charge is 0.491 e. The van der Waals surface area contributed by atoms with Gasteiger partial charge in [0.25, 0.3) is 11.8 Å². The first-order valence-electron chi connectivity index (χ1n) is 3.81. The Hall–Kier alpha value is -1.97. The third kappa shape index (κ3) is 1.33. The van der Waals surface area contributed by atoms with Gasteiger partial charge >= 0.3 is 0 Å². The summed E-state index contributed by atoms with van der Waals surface area (Å²) in [6.45, 7) is 0. The Morgan fingerprint density at radius 2 is 1.77 bits per heavy atom. The van der Waals surface area contributed by atoms with Crippen LogP contribution < -0.4 is 0 Å². The van der Waals surface area contributed by atoms with E-state index in [4.69, 9.17) is 10.2 Å².